The highest BCUT2D eigenvalue weighted by Crippen LogP contribution is 2.21. The molecule has 0 heterocycles. The molecule has 1 rings (SSSR count). The number of nitrogens with zero attached hydrogens (tertiary/aromatic N) is 1. The highest BCUT2D eigenvalue weighted by Gasteiger charge is 2.15. The van der Waals surface area contributed by atoms with E-state index < -0.39 is 0 Å². The minimum atomic E-state index is -0.203. The van der Waals surface area contributed by atoms with Crippen LogP contribution in [0.2, 0.25) is 0 Å². The third-order valence-electron chi connectivity index (χ3n) is 2.82. The highest BCUT2D eigenvalue weighted by atomic mass is 16.6. The van der Waals surface area contributed by atoms with Gasteiger partial charge < -0.3 is 0 Å². The molecular weight excluding hydrogens is 224 g/mol. The Morgan fingerprint density at radius 1 is 1.22 bits per heavy atom. The van der Waals surface area contributed by atoms with E-state index in [1.165, 1.54) is 0 Å². The van der Waals surface area contributed by atoms with Crippen LogP contribution in [0.25, 0.3) is 0 Å². The van der Waals surface area contributed by atoms with E-state index >= 15 is 0 Å². The summed E-state index contributed by atoms with van der Waals surface area (Å²) in [6, 6.07) is 12.4. The average molecular weight is 246 g/mol. The van der Waals surface area contributed by atoms with Crippen LogP contribution in [-0.4, -0.2) is 6.54 Å². The summed E-state index contributed by atoms with van der Waals surface area (Å²) in [5.74, 6) is 0. The first-order valence-corrected chi connectivity index (χ1v) is 6.44. The maximum Gasteiger partial charge on any atom is 0.0933 e. The van der Waals surface area contributed by atoms with Crippen molar-refractivity contribution < 1.29 is 4.84 Å². The first-order valence-electron chi connectivity index (χ1n) is 6.44. The Hall–Kier alpha value is -1.37. The normalized spacial score (nSPS) is 11.2. The molecule has 1 aromatic rings. The van der Waals surface area contributed by atoms with Gasteiger partial charge in [0.2, 0.25) is 0 Å². The van der Waals surface area contributed by atoms with Crippen molar-refractivity contribution in [1.29, 1.82) is 5.26 Å². The Bertz CT molecular complexity index is 368. The molecule has 0 saturated carbocycles. The predicted octanol–water partition coefficient (Wildman–Crippen LogP) is 3.43. The lowest BCUT2D eigenvalue weighted by Gasteiger charge is -2.14. The summed E-state index contributed by atoms with van der Waals surface area (Å²) < 4.78 is 0. The van der Waals surface area contributed by atoms with E-state index in [1.54, 1.807) is 0 Å². The van der Waals surface area contributed by atoms with Crippen LogP contribution in [0.4, 0.5) is 0 Å². The maximum absolute atomic E-state index is 8.87. The Kier molecular flexibility index (Phi) is 6.42. The van der Waals surface area contributed by atoms with Crippen LogP contribution in [-0.2, 0) is 11.4 Å². The van der Waals surface area contributed by atoms with Gasteiger partial charge in [-0.15, -0.1) is 0 Å². The SMILES string of the molecule is CC(C)(C#N)CCCCNOCc1ccccc1. The molecule has 18 heavy (non-hydrogen) atoms. The zero-order valence-electron chi connectivity index (χ0n) is 11.3. The molecule has 1 N–H and O–H groups in total. The molecule has 0 aliphatic carbocycles. The summed E-state index contributed by atoms with van der Waals surface area (Å²) in [5.41, 5.74) is 3.91. The number of hydrogen-bond donors (Lipinski definition) is 1. The second-order valence-corrected chi connectivity index (χ2v) is 5.12. The van der Waals surface area contributed by atoms with Gasteiger partial charge in [-0.3, -0.25) is 4.84 Å². The summed E-state index contributed by atoms with van der Waals surface area (Å²) in [7, 11) is 0. The molecular formula is C15H22N2O. The Morgan fingerprint density at radius 3 is 2.61 bits per heavy atom. The van der Waals surface area contributed by atoms with Gasteiger partial charge in [-0.05, 0) is 32.3 Å². The van der Waals surface area contributed by atoms with Gasteiger partial charge in [-0.25, -0.2) is 5.48 Å². The molecule has 0 saturated heterocycles. The smallest absolute Gasteiger partial charge is 0.0933 e. The zero-order valence-corrected chi connectivity index (χ0v) is 11.3. The summed E-state index contributed by atoms with van der Waals surface area (Å²) in [4.78, 5) is 5.36. The number of rotatable bonds is 8. The van der Waals surface area contributed by atoms with E-state index in [4.69, 9.17) is 10.1 Å². The number of hydroxylamine groups is 1. The fourth-order valence-corrected chi connectivity index (χ4v) is 1.60. The highest BCUT2D eigenvalue weighted by molar-refractivity contribution is 5.13. The van der Waals surface area contributed by atoms with Crippen molar-refractivity contribution in [3.05, 3.63) is 35.9 Å². The molecule has 3 heteroatoms. The van der Waals surface area contributed by atoms with E-state index in [0.29, 0.717) is 6.61 Å². The fourth-order valence-electron chi connectivity index (χ4n) is 1.60. The summed E-state index contributed by atoms with van der Waals surface area (Å²) in [5, 5.41) is 8.87. The van der Waals surface area contributed by atoms with Crippen LogP contribution >= 0.6 is 0 Å². The third-order valence-corrected chi connectivity index (χ3v) is 2.82. The van der Waals surface area contributed by atoms with Crippen LogP contribution < -0.4 is 5.48 Å². The molecule has 0 bridgehead atoms. The van der Waals surface area contributed by atoms with E-state index in [9.17, 15) is 0 Å². The van der Waals surface area contributed by atoms with Crippen LogP contribution in [0.1, 0.15) is 38.7 Å². The first-order chi connectivity index (χ1) is 8.64. The largest absolute Gasteiger partial charge is 0.297 e. The van der Waals surface area contributed by atoms with Crippen molar-refractivity contribution >= 4 is 0 Å². The molecule has 0 aliphatic heterocycles. The van der Waals surface area contributed by atoms with E-state index in [0.717, 1.165) is 31.4 Å². The minimum Gasteiger partial charge on any atom is -0.297 e. The quantitative estimate of drug-likeness (QED) is 0.564. The minimum absolute atomic E-state index is 0.203. The second kappa shape index (κ2) is 7.86. The van der Waals surface area contributed by atoms with Crippen LogP contribution in [0.15, 0.2) is 30.3 Å². The molecule has 1 aromatic carbocycles. The third kappa shape index (κ3) is 6.39. The van der Waals surface area contributed by atoms with E-state index in [2.05, 4.69) is 11.5 Å². The molecule has 0 unspecified atom stereocenters. The molecule has 0 atom stereocenters. The first kappa shape index (κ1) is 14.7. The van der Waals surface area contributed by atoms with Crippen LogP contribution in [0, 0.1) is 16.7 Å². The molecule has 98 valence electrons. The van der Waals surface area contributed by atoms with Crippen LogP contribution in [0.3, 0.4) is 0 Å². The number of hydrogen-bond acceptors (Lipinski definition) is 3. The molecule has 0 aromatic heterocycles. The van der Waals surface area contributed by atoms with E-state index in [-0.39, 0.29) is 5.41 Å². The Balaban J connectivity index is 1.98. The monoisotopic (exact) mass is 246 g/mol. The molecule has 0 aliphatic rings. The van der Waals surface area contributed by atoms with Crippen molar-refractivity contribution in [3.63, 3.8) is 0 Å². The number of benzene rings is 1. The molecule has 0 radical (unpaired) electrons. The predicted molar refractivity (Wildman–Crippen MR) is 72.5 cm³/mol. The number of nitriles is 1. The van der Waals surface area contributed by atoms with Gasteiger partial charge in [-0.2, -0.15) is 5.26 Å². The summed E-state index contributed by atoms with van der Waals surface area (Å²) in [6.45, 7) is 5.37. The Morgan fingerprint density at radius 2 is 1.94 bits per heavy atom. The summed E-state index contributed by atoms with van der Waals surface area (Å²) in [6.07, 6.45) is 3.01. The van der Waals surface area contributed by atoms with Crippen molar-refractivity contribution in [1.82, 2.24) is 5.48 Å². The fraction of sp³-hybridized carbons (Fsp3) is 0.533. The van der Waals surface area contributed by atoms with Gasteiger partial charge >= 0.3 is 0 Å². The van der Waals surface area contributed by atoms with Gasteiger partial charge in [0.05, 0.1) is 18.1 Å². The van der Waals surface area contributed by atoms with Gasteiger partial charge in [-0.1, -0.05) is 36.8 Å². The van der Waals surface area contributed by atoms with Gasteiger partial charge in [0.25, 0.3) is 0 Å². The maximum atomic E-state index is 8.87. The second-order valence-electron chi connectivity index (χ2n) is 5.12. The molecule has 3 nitrogen and oxygen atoms in total. The van der Waals surface area contributed by atoms with Gasteiger partial charge in [0, 0.05) is 6.54 Å². The lowest BCUT2D eigenvalue weighted by atomic mass is 9.89. The Labute approximate surface area is 110 Å². The zero-order chi connectivity index (χ0) is 13.3. The summed E-state index contributed by atoms with van der Waals surface area (Å²) >= 11 is 0. The van der Waals surface area contributed by atoms with Crippen molar-refractivity contribution in [2.45, 2.75) is 39.7 Å². The number of unbranched alkanes of at least 4 members (excludes halogenated alkanes) is 1. The van der Waals surface area contributed by atoms with Gasteiger partial charge in [0.15, 0.2) is 0 Å². The number of nitrogens with one attached hydrogen (secondary N) is 1. The molecule has 0 fully saturated rings. The lowest BCUT2D eigenvalue weighted by molar-refractivity contribution is 0.0270. The topological polar surface area (TPSA) is 45.0 Å². The van der Waals surface area contributed by atoms with E-state index in [1.807, 2.05) is 44.2 Å². The van der Waals surface area contributed by atoms with Crippen molar-refractivity contribution in [2.24, 2.45) is 5.41 Å². The standard InChI is InChI=1S/C15H22N2O/c1-15(2,13-16)10-6-7-11-17-18-12-14-8-4-3-5-9-14/h3-5,8-9,17H,6-7,10-12H2,1-2H3. The molecule has 0 amide bonds. The van der Waals surface area contributed by atoms with Crippen molar-refractivity contribution in [2.75, 3.05) is 6.54 Å². The lowest BCUT2D eigenvalue weighted by Crippen LogP contribution is -2.16. The van der Waals surface area contributed by atoms with Gasteiger partial charge in [0.1, 0.15) is 0 Å². The average Bonchev–Trinajstić information content (AvgIpc) is 2.39. The van der Waals surface area contributed by atoms with Crippen LogP contribution in [0.5, 0.6) is 0 Å². The molecule has 0 spiro atoms. The van der Waals surface area contributed by atoms with Crippen molar-refractivity contribution in [3.8, 4) is 6.07 Å².